The summed E-state index contributed by atoms with van der Waals surface area (Å²) in [5.41, 5.74) is 6.85. The average molecular weight is 209 g/mol. The van der Waals surface area contributed by atoms with E-state index < -0.39 is 6.04 Å². The molecule has 0 aliphatic carbocycles. The summed E-state index contributed by atoms with van der Waals surface area (Å²) >= 11 is 0. The lowest BCUT2D eigenvalue weighted by atomic mass is 9.99. The van der Waals surface area contributed by atoms with Gasteiger partial charge in [0.15, 0.2) is 0 Å². The van der Waals surface area contributed by atoms with E-state index in [1.807, 2.05) is 32.3 Å². The Labute approximate surface area is 90.2 Å². The van der Waals surface area contributed by atoms with E-state index in [0.717, 1.165) is 12.0 Å². The minimum Gasteiger partial charge on any atom is -0.367 e. The van der Waals surface area contributed by atoms with Crippen LogP contribution in [0.5, 0.6) is 0 Å². The highest BCUT2D eigenvalue weighted by molar-refractivity contribution is 5.81. The molecule has 0 saturated heterocycles. The maximum Gasteiger partial charge on any atom is 0.237 e. The first-order chi connectivity index (χ1) is 7.15. The maximum atomic E-state index is 11.6. The van der Waals surface area contributed by atoms with Crippen molar-refractivity contribution >= 4 is 5.91 Å². The van der Waals surface area contributed by atoms with E-state index in [9.17, 15) is 4.79 Å². The lowest BCUT2D eigenvalue weighted by molar-refractivity contribution is -0.123. The maximum absolute atomic E-state index is 11.6. The Balaban J connectivity index is 2.36. The van der Waals surface area contributed by atoms with Gasteiger partial charge < -0.3 is 16.0 Å². The number of hydrogen-bond donors (Lipinski definition) is 3. The molecule has 0 aromatic carbocycles. The Morgan fingerprint density at radius 3 is 2.93 bits per heavy atom. The first kappa shape index (κ1) is 11.8. The molecule has 0 aliphatic heterocycles. The molecule has 2 unspecified atom stereocenters. The van der Waals surface area contributed by atoms with Gasteiger partial charge in [-0.05, 0) is 17.5 Å². The van der Waals surface area contributed by atoms with E-state index in [4.69, 9.17) is 5.73 Å². The third-order valence-corrected chi connectivity index (χ3v) is 2.69. The lowest BCUT2D eigenvalue weighted by Crippen LogP contribution is -2.44. The van der Waals surface area contributed by atoms with E-state index in [0.29, 0.717) is 6.54 Å². The molecule has 0 fully saturated rings. The van der Waals surface area contributed by atoms with Gasteiger partial charge in [-0.2, -0.15) is 0 Å². The Hall–Kier alpha value is -1.29. The van der Waals surface area contributed by atoms with Crippen molar-refractivity contribution in [3.63, 3.8) is 0 Å². The first-order valence-electron chi connectivity index (χ1n) is 5.30. The molecule has 1 amide bonds. The van der Waals surface area contributed by atoms with E-state index >= 15 is 0 Å². The molecule has 2 atom stereocenters. The highest BCUT2D eigenvalue weighted by Gasteiger charge is 2.18. The molecule has 4 N–H and O–H groups in total. The molecular weight excluding hydrogens is 190 g/mol. The van der Waals surface area contributed by atoms with Crippen molar-refractivity contribution in [2.75, 3.05) is 0 Å². The van der Waals surface area contributed by atoms with Crippen LogP contribution in [0, 0.1) is 5.92 Å². The van der Waals surface area contributed by atoms with Crippen LogP contribution in [-0.4, -0.2) is 16.9 Å². The number of nitrogens with two attached hydrogens (primary N) is 1. The summed E-state index contributed by atoms with van der Waals surface area (Å²) in [5, 5.41) is 2.82. The molecule has 4 heteroatoms. The van der Waals surface area contributed by atoms with Crippen LogP contribution in [0.3, 0.4) is 0 Å². The number of rotatable bonds is 5. The van der Waals surface area contributed by atoms with Crippen LogP contribution in [0.1, 0.15) is 25.8 Å². The highest BCUT2D eigenvalue weighted by atomic mass is 16.2. The molecule has 0 saturated carbocycles. The van der Waals surface area contributed by atoms with Crippen molar-refractivity contribution in [2.45, 2.75) is 32.9 Å². The molecule has 1 aromatic rings. The van der Waals surface area contributed by atoms with E-state index in [-0.39, 0.29) is 11.8 Å². The van der Waals surface area contributed by atoms with Gasteiger partial charge in [-0.1, -0.05) is 20.3 Å². The highest BCUT2D eigenvalue weighted by Crippen LogP contribution is 2.05. The predicted molar refractivity (Wildman–Crippen MR) is 60.1 cm³/mol. The molecule has 0 bridgehead atoms. The Morgan fingerprint density at radius 1 is 1.67 bits per heavy atom. The number of H-pyrrole nitrogens is 1. The number of hydrogen-bond acceptors (Lipinski definition) is 2. The van der Waals surface area contributed by atoms with Gasteiger partial charge in [0, 0.05) is 18.9 Å². The molecule has 1 aromatic heterocycles. The van der Waals surface area contributed by atoms with Crippen LogP contribution in [0.15, 0.2) is 18.5 Å². The zero-order valence-electron chi connectivity index (χ0n) is 9.29. The van der Waals surface area contributed by atoms with Crippen molar-refractivity contribution < 1.29 is 4.79 Å². The van der Waals surface area contributed by atoms with Crippen LogP contribution in [0.25, 0.3) is 0 Å². The first-order valence-corrected chi connectivity index (χ1v) is 5.30. The fourth-order valence-electron chi connectivity index (χ4n) is 1.29. The van der Waals surface area contributed by atoms with Crippen molar-refractivity contribution in [3.8, 4) is 0 Å². The van der Waals surface area contributed by atoms with Gasteiger partial charge in [0.05, 0.1) is 6.04 Å². The number of aromatic nitrogens is 1. The number of carbonyl (C=O) groups is 1. The molecule has 0 spiro atoms. The van der Waals surface area contributed by atoms with Crippen LogP contribution in [0.4, 0.5) is 0 Å². The summed E-state index contributed by atoms with van der Waals surface area (Å²) in [6.45, 7) is 4.55. The number of carbonyl (C=O) groups excluding carboxylic acids is 1. The molecule has 1 rings (SSSR count). The van der Waals surface area contributed by atoms with Crippen LogP contribution in [0.2, 0.25) is 0 Å². The van der Waals surface area contributed by atoms with Crippen molar-refractivity contribution in [1.82, 2.24) is 10.3 Å². The SMILES string of the molecule is CCC(C)C(N)C(=O)NCc1cc[nH]c1. The summed E-state index contributed by atoms with van der Waals surface area (Å²) < 4.78 is 0. The van der Waals surface area contributed by atoms with Crippen molar-refractivity contribution in [1.29, 1.82) is 0 Å². The monoisotopic (exact) mass is 209 g/mol. The van der Waals surface area contributed by atoms with Gasteiger partial charge in [0.1, 0.15) is 0 Å². The molecule has 15 heavy (non-hydrogen) atoms. The average Bonchev–Trinajstić information content (AvgIpc) is 2.76. The van der Waals surface area contributed by atoms with E-state index in [2.05, 4.69) is 10.3 Å². The van der Waals surface area contributed by atoms with Crippen LogP contribution < -0.4 is 11.1 Å². The third-order valence-electron chi connectivity index (χ3n) is 2.69. The van der Waals surface area contributed by atoms with Crippen molar-refractivity contribution in [3.05, 3.63) is 24.0 Å². The smallest absolute Gasteiger partial charge is 0.237 e. The molecule has 0 radical (unpaired) electrons. The Bertz CT molecular complexity index is 295. The van der Waals surface area contributed by atoms with Gasteiger partial charge >= 0.3 is 0 Å². The Morgan fingerprint density at radius 2 is 2.40 bits per heavy atom. The summed E-state index contributed by atoms with van der Waals surface area (Å²) in [4.78, 5) is 14.5. The fraction of sp³-hybridized carbons (Fsp3) is 0.545. The van der Waals surface area contributed by atoms with Gasteiger partial charge in [-0.15, -0.1) is 0 Å². The normalized spacial score (nSPS) is 14.6. The molecule has 4 nitrogen and oxygen atoms in total. The summed E-state index contributed by atoms with van der Waals surface area (Å²) in [7, 11) is 0. The van der Waals surface area contributed by atoms with Gasteiger partial charge in [0.25, 0.3) is 0 Å². The lowest BCUT2D eigenvalue weighted by Gasteiger charge is -2.17. The second-order valence-electron chi connectivity index (χ2n) is 3.85. The number of amides is 1. The topological polar surface area (TPSA) is 70.9 Å². The zero-order chi connectivity index (χ0) is 11.3. The second-order valence-corrected chi connectivity index (χ2v) is 3.85. The van der Waals surface area contributed by atoms with Gasteiger partial charge in [0.2, 0.25) is 5.91 Å². The quantitative estimate of drug-likeness (QED) is 0.677. The van der Waals surface area contributed by atoms with Crippen LogP contribution >= 0.6 is 0 Å². The van der Waals surface area contributed by atoms with Gasteiger partial charge in [-0.3, -0.25) is 4.79 Å². The molecule has 1 heterocycles. The van der Waals surface area contributed by atoms with Gasteiger partial charge in [-0.25, -0.2) is 0 Å². The minimum absolute atomic E-state index is 0.0782. The van der Waals surface area contributed by atoms with E-state index in [1.54, 1.807) is 0 Å². The standard InChI is InChI=1S/C11H19N3O/c1-3-8(2)10(12)11(15)14-7-9-4-5-13-6-9/h4-6,8,10,13H,3,7,12H2,1-2H3,(H,14,15). The summed E-state index contributed by atoms with van der Waals surface area (Å²) in [5.74, 6) is 0.141. The molecule has 0 aliphatic rings. The molecule has 84 valence electrons. The summed E-state index contributed by atoms with van der Waals surface area (Å²) in [6, 6.07) is 1.52. The second kappa shape index (κ2) is 5.56. The third kappa shape index (κ3) is 3.40. The fourth-order valence-corrected chi connectivity index (χ4v) is 1.29. The summed E-state index contributed by atoms with van der Waals surface area (Å²) in [6.07, 6.45) is 4.60. The van der Waals surface area contributed by atoms with Crippen molar-refractivity contribution in [2.24, 2.45) is 11.7 Å². The van der Waals surface area contributed by atoms with Crippen LogP contribution in [-0.2, 0) is 11.3 Å². The number of aromatic amines is 1. The number of nitrogens with one attached hydrogen (secondary N) is 2. The van der Waals surface area contributed by atoms with E-state index in [1.165, 1.54) is 0 Å². The zero-order valence-corrected chi connectivity index (χ0v) is 9.29. The Kier molecular flexibility index (Phi) is 4.37. The minimum atomic E-state index is -0.408. The predicted octanol–water partition coefficient (Wildman–Crippen LogP) is 1.00. The molecular formula is C11H19N3O. The largest absolute Gasteiger partial charge is 0.367 e.